The Balaban J connectivity index is 1.84. The van der Waals surface area contributed by atoms with Gasteiger partial charge in [0.1, 0.15) is 6.54 Å². The van der Waals surface area contributed by atoms with Crippen LogP contribution in [0.25, 0.3) is 11.3 Å². The van der Waals surface area contributed by atoms with Gasteiger partial charge in [-0.2, -0.15) is 13.2 Å². The maximum Gasteiger partial charge on any atom is 0.406 e. The van der Waals surface area contributed by atoms with Gasteiger partial charge < -0.3 is 9.47 Å². The van der Waals surface area contributed by atoms with Gasteiger partial charge in [-0.1, -0.05) is 6.92 Å². The van der Waals surface area contributed by atoms with Gasteiger partial charge in [0.05, 0.1) is 5.69 Å². The molecule has 0 bridgehead atoms. The summed E-state index contributed by atoms with van der Waals surface area (Å²) in [4.78, 5) is 6.97. The predicted octanol–water partition coefficient (Wildman–Crippen LogP) is 5.03. The van der Waals surface area contributed by atoms with Crippen LogP contribution in [-0.4, -0.2) is 28.8 Å². The molecule has 0 spiro atoms. The van der Waals surface area contributed by atoms with Crippen molar-refractivity contribution in [3.05, 3.63) is 22.8 Å². The van der Waals surface area contributed by atoms with E-state index in [-0.39, 0.29) is 0 Å². The van der Waals surface area contributed by atoms with Crippen molar-refractivity contribution in [2.75, 3.05) is 18.0 Å². The van der Waals surface area contributed by atoms with Gasteiger partial charge in [-0.05, 0) is 38.7 Å². The number of anilines is 1. The molecule has 3 nitrogen and oxygen atoms in total. The molecule has 1 aliphatic heterocycles. The highest BCUT2D eigenvalue weighted by Gasteiger charge is 2.30. The Morgan fingerprint density at radius 2 is 1.92 bits per heavy atom. The summed E-state index contributed by atoms with van der Waals surface area (Å²) in [6.07, 6.45) is -1.90. The number of nitrogens with zero attached hydrogens (tertiary/aromatic N) is 3. The summed E-state index contributed by atoms with van der Waals surface area (Å²) in [6.45, 7) is 6.76. The maximum absolute atomic E-state index is 12.8. The third-order valence-corrected chi connectivity index (χ3v) is 5.63. The van der Waals surface area contributed by atoms with Gasteiger partial charge in [-0.3, -0.25) is 0 Å². The summed E-state index contributed by atoms with van der Waals surface area (Å²) in [5.41, 5.74) is 2.80. The summed E-state index contributed by atoms with van der Waals surface area (Å²) < 4.78 is 39.6. The van der Waals surface area contributed by atoms with Crippen LogP contribution in [0.4, 0.5) is 18.3 Å². The molecule has 7 heteroatoms. The molecule has 0 aromatic carbocycles. The van der Waals surface area contributed by atoms with E-state index in [0.717, 1.165) is 48.2 Å². The van der Waals surface area contributed by atoms with Crippen LogP contribution >= 0.6 is 11.3 Å². The number of alkyl halides is 3. The fourth-order valence-electron chi connectivity index (χ4n) is 3.22. The molecule has 0 saturated carbocycles. The Morgan fingerprint density at radius 1 is 1.25 bits per heavy atom. The van der Waals surface area contributed by atoms with Gasteiger partial charge in [-0.25, -0.2) is 4.98 Å². The van der Waals surface area contributed by atoms with E-state index < -0.39 is 12.7 Å². The molecule has 1 aliphatic rings. The third kappa shape index (κ3) is 3.61. The second-order valence-electron chi connectivity index (χ2n) is 6.67. The normalized spacial score (nSPS) is 16.8. The Labute approximate surface area is 144 Å². The molecule has 2 aromatic rings. The van der Waals surface area contributed by atoms with Gasteiger partial charge in [0.25, 0.3) is 0 Å². The minimum atomic E-state index is -4.22. The van der Waals surface area contributed by atoms with Crippen LogP contribution in [0, 0.1) is 19.8 Å². The van der Waals surface area contributed by atoms with Crippen LogP contribution in [-0.2, 0) is 6.54 Å². The van der Waals surface area contributed by atoms with Gasteiger partial charge in [-0.15, -0.1) is 11.3 Å². The maximum atomic E-state index is 12.8. The van der Waals surface area contributed by atoms with Gasteiger partial charge >= 0.3 is 6.18 Å². The summed E-state index contributed by atoms with van der Waals surface area (Å²) in [6, 6.07) is 1.80. The third-order valence-electron chi connectivity index (χ3n) is 4.73. The highest BCUT2D eigenvalue weighted by molar-refractivity contribution is 7.14. The van der Waals surface area contributed by atoms with E-state index in [2.05, 4.69) is 11.8 Å². The Bertz CT molecular complexity index is 709. The smallest absolute Gasteiger partial charge is 0.348 e. The minimum absolute atomic E-state index is 0.612. The van der Waals surface area contributed by atoms with Crippen LogP contribution in [0.5, 0.6) is 0 Å². The summed E-state index contributed by atoms with van der Waals surface area (Å²) in [7, 11) is 0. The lowest BCUT2D eigenvalue weighted by Gasteiger charge is -2.29. The van der Waals surface area contributed by atoms with Crippen molar-refractivity contribution in [3.8, 4) is 11.3 Å². The summed E-state index contributed by atoms with van der Waals surface area (Å²) in [5, 5.41) is 2.92. The monoisotopic (exact) mass is 357 g/mol. The molecule has 132 valence electrons. The van der Waals surface area contributed by atoms with E-state index in [9.17, 15) is 13.2 Å². The topological polar surface area (TPSA) is 21.1 Å². The van der Waals surface area contributed by atoms with E-state index >= 15 is 0 Å². The molecule has 0 N–H and O–H groups in total. The van der Waals surface area contributed by atoms with Crippen LogP contribution in [0.1, 0.15) is 31.2 Å². The molecule has 1 saturated heterocycles. The number of rotatable bonds is 3. The lowest BCUT2D eigenvalue weighted by atomic mass is 10.00. The number of thiazole rings is 1. The fraction of sp³-hybridized carbons (Fsp3) is 0.588. The van der Waals surface area contributed by atoms with Crippen molar-refractivity contribution >= 4 is 16.5 Å². The number of aromatic nitrogens is 2. The molecular weight excluding hydrogens is 335 g/mol. The van der Waals surface area contributed by atoms with Crippen LogP contribution in [0.15, 0.2) is 11.4 Å². The van der Waals surface area contributed by atoms with Gasteiger partial charge in [0.2, 0.25) is 0 Å². The summed E-state index contributed by atoms with van der Waals surface area (Å²) in [5.74, 6) is 0.752. The van der Waals surface area contributed by atoms with Crippen molar-refractivity contribution in [2.24, 2.45) is 5.92 Å². The first kappa shape index (κ1) is 17.3. The van der Waals surface area contributed by atoms with Crippen LogP contribution < -0.4 is 4.90 Å². The molecule has 3 rings (SSSR count). The average molecular weight is 357 g/mol. The zero-order valence-electron chi connectivity index (χ0n) is 14.2. The number of halogens is 3. The lowest BCUT2D eigenvalue weighted by Crippen LogP contribution is -2.32. The number of aryl methyl sites for hydroxylation is 1. The summed E-state index contributed by atoms with van der Waals surface area (Å²) >= 11 is 1.57. The average Bonchev–Trinajstić information content (AvgIpc) is 3.07. The van der Waals surface area contributed by atoms with Crippen LogP contribution in [0.3, 0.4) is 0 Å². The second-order valence-corrected chi connectivity index (χ2v) is 7.51. The molecule has 2 aromatic heterocycles. The number of hydrogen-bond donors (Lipinski definition) is 0. The SMILES string of the molecule is Cc1cc(-c2csc(N3CCC(C)CC3)n2)c(C)n1CC(F)(F)F. The van der Waals surface area contributed by atoms with Crippen molar-refractivity contribution in [2.45, 2.75) is 46.3 Å². The quantitative estimate of drug-likeness (QED) is 0.768. The van der Waals surface area contributed by atoms with Crippen molar-refractivity contribution in [3.63, 3.8) is 0 Å². The molecular formula is C17H22F3N3S. The Kier molecular flexibility index (Phi) is 4.64. The van der Waals surface area contributed by atoms with Crippen LogP contribution in [0.2, 0.25) is 0 Å². The molecule has 0 radical (unpaired) electrons. The lowest BCUT2D eigenvalue weighted by molar-refractivity contribution is -0.141. The zero-order valence-corrected chi connectivity index (χ0v) is 15.0. The first-order chi connectivity index (χ1) is 11.2. The largest absolute Gasteiger partial charge is 0.406 e. The fourth-order valence-corrected chi connectivity index (χ4v) is 4.10. The first-order valence-electron chi connectivity index (χ1n) is 8.19. The van der Waals surface area contributed by atoms with Gasteiger partial charge in [0.15, 0.2) is 5.13 Å². The highest BCUT2D eigenvalue weighted by Crippen LogP contribution is 2.34. The Morgan fingerprint density at radius 3 is 2.54 bits per heavy atom. The molecule has 3 heterocycles. The number of piperidine rings is 1. The van der Waals surface area contributed by atoms with E-state index in [1.807, 2.05) is 5.38 Å². The van der Waals surface area contributed by atoms with E-state index in [4.69, 9.17) is 4.98 Å². The molecule has 0 atom stereocenters. The molecule has 0 amide bonds. The molecule has 0 unspecified atom stereocenters. The van der Waals surface area contributed by atoms with E-state index in [1.165, 1.54) is 4.57 Å². The van der Waals surface area contributed by atoms with Crippen molar-refractivity contribution < 1.29 is 13.2 Å². The second kappa shape index (κ2) is 6.43. The van der Waals surface area contributed by atoms with E-state index in [0.29, 0.717) is 11.4 Å². The standard InChI is InChI=1S/C17H22F3N3S/c1-11-4-6-22(7-5-11)16-21-15(9-24-16)14-8-12(2)23(13(14)3)10-17(18,19)20/h8-9,11H,4-7,10H2,1-3H3. The number of hydrogen-bond acceptors (Lipinski definition) is 3. The zero-order chi connectivity index (χ0) is 17.5. The van der Waals surface area contributed by atoms with E-state index in [1.54, 1.807) is 31.3 Å². The van der Waals surface area contributed by atoms with Crippen molar-refractivity contribution in [1.29, 1.82) is 0 Å². The predicted molar refractivity (Wildman–Crippen MR) is 91.7 cm³/mol. The minimum Gasteiger partial charge on any atom is -0.348 e. The molecule has 0 aliphatic carbocycles. The highest BCUT2D eigenvalue weighted by atomic mass is 32.1. The van der Waals surface area contributed by atoms with Gasteiger partial charge in [0, 0.05) is 35.4 Å². The molecule has 24 heavy (non-hydrogen) atoms. The van der Waals surface area contributed by atoms with Crippen molar-refractivity contribution in [1.82, 2.24) is 9.55 Å². The molecule has 1 fully saturated rings. The Hall–Kier alpha value is -1.50. The first-order valence-corrected chi connectivity index (χ1v) is 9.07.